The van der Waals surface area contributed by atoms with E-state index in [1.54, 1.807) is 6.08 Å². The topological polar surface area (TPSA) is 69.6 Å². The number of carbonyl (C=O) groups excluding carboxylic acids is 1. The molecule has 0 radical (unpaired) electrons. The molecule has 2 unspecified atom stereocenters. The van der Waals surface area contributed by atoms with Crippen LogP contribution in [-0.4, -0.2) is 34.9 Å². The normalized spacial score (nSPS) is 13.0. The van der Waals surface area contributed by atoms with Gasteiger partial charge in [0.05, 0.1) is 18.8 Å². The molecule has 0 aliphatic carbocycles. The molecule has 0 aliphatic rings. The summed E-state index contributed by atoms with van der Waals surface area (Å²) in [4.78, 5) is 12.4. The van der Waals surface area contributed by atoms with Gasteiger partial charge in [0, 0.05) is 6.42 Å². The Hall–Kier alpha value is -1.13. The fraction of sp³-hybridized carbons (Fsp3) is 0.904. The number of aliphatic hydroxyl groups is 2. The molecule has 0 aromatic carbocycles. The van der Waals surface area contributed by atoms with Crippen molar-refractivity contribution in [1.82, 2.24) is 5.32 Å². The highest BCUT2D eigenvalue weighted by atomic mass is 16.3. The molecular formula is C52H101NO3. The molecule has 3 N–H and O–H groups in total. The Morgan fingerprint density at radius 1 is 0.411 bits per heavy atom. The minimum atomic E-state index is -0.839. The van der Waals surface area contributed by atoms with Gasteiger partial charge in [0.15, 0.2) is 0 Å². The van der Waals surface area contributed by atoms with Crippen LogP contribution in [-0.2, 0) is 4.79 Å². The third-order valence-corrected chi connectivity index (χ3v) is 11.9. The standard InChI is InChI=1S/C52H101NO3/c1-3-5-7-9-11-13-15-17-19-21-23-25-26-28-29-31-33-35-37-39-41-43-45-47-51(55)50(49-54)53-52(56)48-46-44-42-40-38-36-34-32-30-27-24-22-20-18-16-14-12-10-8-6-4-2/h27,30,45,47,50-51,54-55H,3-26,28-29,31-44,46,48-49H2,1-2H3,(H,53,56)/b30-27-,47-45+. The van der Waals surface area contributed by atoms with Crippen molar-refractivity contribution >= 4 is 5.91 Å². The molecule has 4 nitrogen and oxygen atoms in total. The molecule has 0 saturated heterocycles. The number of allylic oxidation sites excluding steroid dienone is 3. The molecule has 1 amide bonds. The Morgan fingerprint density at radius 3 is 0.982 bits per heavy atom. The smallest absolute Gasteiger partial charge is 0.220 e. The Labute approximate surface area is 351 Å². The van der Waals surface area contributed by atoms with Crippen LogP contribution >= 0.6 is 0 Å². The number of hydrogen-bond acceptors (Lipinski definition) is 3. The van der Waals surface area contributed by atoms with Crippen LogP contribution in [0.25, 0.3) is 0 Å². The summed E-state index contributed by atoms with van der Waals surface area (Å²) in [7, 11) is 0. The average Bonchev–Trinajstić information content (AvgIpc) is 3.20. The van der Waals surface area contributed by atoms with Gasteiger partial charge >= 0.3 is 0 Å². The second kappa shape index (κ2) is 48.2. The van der Waals surface area contributed by atoms with Crippen LogP contribution in [0.3, 0.4) is 0 Å². The SMILES string of the molecule is CCCCCCCCCCCC/C=C\CCCCCCCCCC(=O)NC(CO)C(O)/C=C/CCCCCCCCCCCCCCCCCCCCCCC. The summed E-state index contributed by atoms with van der Waals surface area (Å²) < 4.78 is 0. The highest BCUT2D eigenvalue weighted by Gasteiger charge is 2.18. The van der Waals surface area contributed by atoms with E-state index in [0.29, 0.717) is 6.42 Å². The number of aliphatic hydroxyl groups excluding tert-OH is 2. The number of rotatable bonds is 47. The third-order valence-electron chi connectivity index (χ3n) is 11.9. The monoisotopic (exact) mass is 788 g/mol. The van der Waals surface area contributed by atoms with E-state index >= 15 is 0 Å². The number of hydrogen-bond donors (Lipinski definition) is 3. The number of unbranched alkanes of at least 4 members (excludes halogenated alkanes) is 38. The van der Waals surface area contributed by atoms with Gasteiger partial charge in [-0.15, -0.1) is 0 Å². The highest BCUT2D eigenvalue weighted by molar-refractivity contribution is 5.76. The molecule has 56 heavy (non-hydrogen) atoms. The first-order valence-corrected chi connectivity index (χ1v) is 25.6. The van der Waals surface area contributed by atoms with Crippen molar-refractivity contribution in [3.63, 3.8) is 0 Å². The van der Waals surface area contributed by atoms with E-state index < -0.39 is 12.1 Å². The van der Waals surface area contributed by atoms with E-state index in [1.807, 2.05) is 6.08 Å². The maximum Gasteiger partial charge on any atom is 0.220 e. The second-order valence-electron chi connectivity index (χ2n) is 17.6. The minimum Gasteiger partial charge on any atom is -0.394 e. The van der Waals surface area contributed by atoms with Crippen LogP contribution < -0.4 is 5.32 Å². The Morgan fingerprint density at radius 2 is 0.679 bits per heavy atom. The predicted molar refractivity (Wildman–Crippen MR) is 249 cm³/mol. The molecule has 0 aliphatic heterocycles. The van der Waals surface area contributed by atoms with Gasteiger partial charge in [-0.05, 0) is 44.9 Å². The quantitative estimate of drug-likeness (QED) is 0.0425. The van der Waals surface area contributed by atoms with Crippen molar-refractivity contribution in [2.75, 3.05) is 6.61 Å². The van der Waals surface area contributed by atoms with E-state index in [0.717, 1.165) is 25.7 Å². The summed E-state index contributed by atoms with van der Waals surface area (Å²) in [5.41, 5.74) is 0. The zero-order valence-electron chi connectivity index (χ0n) is 38.2. The van der Waals surface area contributed by atoms with Gasteiger partial charge in [0.25, 0.3) is 0 Å². The maximum absolute atomic E-state index is 12.4. The zero-order valence-corrected chi connectivity index (χ0v) is 38.2. The molecule has 0 rings (SSSR count). The van der Waals surface area contributed by atoms with E-state index in [9.17, 15) is 15.0 Å². The van der Waals surface area contributed by atoms with Crippen LogP contribution in [0, 0.1) is 0 Å². The lowest BCUT2D eigenvalue weighted by molar-refractivity contribution is -0.123. The maximum atomic E-state index is 12.4. The van der Waals surface area contributed by atoms with Crippen LogP contribution in [0.2, 0.25) is 0 Å². The van der Waals surface area contributed by atoms with Gasteiger partial charge in [-0.25, -0.2) is 0 Å². The van der Waals surface area contributed by atoms with E-state index in [-0.39, 0.29) is 12.5 Å². The van der Waals surface area contributed by atoms with E-state index in [1.165, 1.54) is 238 Å². The van der Waals surface area contributed by atoms with Crippen LogP contribution in [0.4, 0.5) is 0 Å². The van der Waals surface area contributed by atoms with Crippen molar-refractivity contribution in [3.8, 4) is 0 Å². The summed E-state index contributed by atoms with van der Waals surface area (Å²) in [5.74, 6) is -0.0644. The van der Waals surface area contributed by atoms with Crippen molar-refractivity contribution in [2.45, 2.75) is 296 Å². The average molecular weight is 788 g/mol. The van der Waals surface area contributed by atoms with Gasteiger partial charge in [0.1, 0.15) is 0 Å². The van der Waals surface area contributed by atoms with Crippen molar-refractivity contribution in [3.05, 3.63) is 24.3 Å². The fourth-order valence-corrected chi connectivity index (χ4v) is 8.00. The van der Waals surface area contributed by atoms with Gasteiger partial charge in [0.2, 0.25) is 5.91 Å². The Bertz CT molecular complexity index is 810. The van der Waals surface area contributed by atoms with Crippen LogP contribution in [0.5, 0.6) is 0 Å². The summed E-state index contributed by atoms with van der Waals surface area (Å²) in [6.45, 7) is 4.34. The minimum absolute atomic E-state index is 0.0644. The summed E-state index contributed by atoms with van der Waals surface area (Å²) >= 11 is 0. The van der Waals surface area contributed by atoms with Crippen LogP contribution in [0.15, 0.2) is 24.3 Å². The molecule has 0 spiro atoms. The molecule has 0 heterocycles. The molecule has 2 atom stereocenters. The molecule has 0 aromatic rings. The first-order valence-electron chi connectivity index (χ1n) is 25.6. The number of nitrogens with one attached hydrogen (secondary N) is 1. The first kappa shape index (κ1) is 54.9. The van der Waals surface area contributed by atoms with Gasteiger partial charge in [-0.1, -0.05) is 256 Å². The lowest BCUT2D eigenvalue weighted by Gasteiger charge is -2.20. The fourth-order valence-electron chi connectivity index (χ4n) is 8.00. The van der Waals surface area contributed by atoms with Gasteiger partial charge in [-0.3, -0.25) is 4.79 Å². The summed E-state index contributed by atoms with van der Waals surface area (Å²) in [5, 5.41) is 23.1. The van der Waals surface area contributed by atoms with E-state index in [2.05, 4.69) is 31.3 Å². The molecule has 4 heteroatoms. The molecular weight excluding hydrogens is 687 g/mol. The Balaban J connectivity index is 3.51. The molecule has 332 valence electrons. The molecule has 0 fully saturated rings. The number of amides is 1. The zero-order chi connectivity index (χ0) is 40.7. The molecule has 0 bridgehead atoms. The first-order chi connectivity index (χ1) is 27.7. The molecule has 0 saturated carbocycles. The van der Waals surface area contributed by atoms with Crippen LogP contribution in [0.1, 0.15) is 284 Å². The van der Waals surface area contributed by atoms with Crippen molar-refractivity contribution < 1.29 is 15.0 Å². The summed E-state index contributed by atoms with van der Waals surface area (Å²) in [6, 6.07) is -0.623. The highest BCUT2D eigenvalue weighted by Crippen LogP contribution is 2.16. The third kappa shape index (κ3) is 44.0. The number of carbonyl (C=O) groups is 1. The molecule has 0 aromatic heterocycles. The largest absolute Gasteiger partial charge is 0.394 e. The van der Waals surface area contributed by atoms with E-state index in [4.69, 9.17) is 0 Å². The lowest BCUT2D eigenvalue weighted by Crippen LogP contribution is -2.45. The predicted octanol–water partition coefficient (Wildman–Crippen LogP) is 16.4. The summed E-state index contributed by atoms with van der Waals surface area (Å²) in [6.07, 6.45) is 63.1. The Kier molecular flexibility index (Phi) is 47.3. The van der Waals surface area contributed by atoms with Gasteiger partial charge < -0.3 is 15.5 Å². The van der Waals surface area contributed by atoms with Gasteiger partial charge in [-0.2, -0.15) is 0 Å². The lowest BCUT2D eigenvalue weighted by atomic mass is 10.0. The van der Waals surface area contributed by atoms with Crippen molar-refractivity contribution in [2.24, 2.45) is 0 Å². The van der Waals surface area contributed by atoms with Crippen molar-refractivity contribution in [1.29, 1.82) is 0 Å². The second-order valence-corrected chi connectivity index (χ2v) is 17.6.